The molecule has 1 aromatic heterocycles. The quantitative estimate of drug-likeness (QED) is 0.348. The first kappa shape index (κ1) is 23.4. The average molecular weight is 471 g/mol. The molecule has 0 spiro atoms. The lowest BCUT2D eigenvalue weighted by atomic mass is 10.2. The lowest BCUT2D eigenvalue weighted by molar-refractivity contribution is -0.116. The average Bonchev–Trinajstić information content (AvgIpc) is 3.23. The van der Waals surface area contributed by atoms with Gasteiger partial charge in [-0.25, -0.2) is 0 Å². The zero-order valence-corrected chi connectivity index (χ0v) is 19.3. The van der Waals surface area contributed by atoms with Gasteiger partial charge in [0, 0.05) is 22.5 Å². The molecule has 0 aliphatic carbocycles. The van der Waals surface area contributed by atoms with Crippen molar-refractivity contribution in [2.24, 2.45) is 0 Å². The number of carbonyl (C=O) groups is 1. The Morgan fingerprint density at radius 2 is 1.72 bits per heavy atom. The molecule has 0 aliphatic heterocycles. The predicted octanol–water partition coefficient (Wildman–Crippen LogP) is 4.46. The molecule has 0 bridgehead atoms. The number of rotatable bonds is 10. The third kappa shape index (κ3) is 6.38. The topological polar surface area (TPSA) is 78.3 Å². The van der Waals surface area contributed by atoms with Gasteiger partial charge in [0.25, 0.3) is 0 Å². The van der Waals surface area contributed by atoms with Crippen molar-refractivity contribution in [2.45, 2.75) is 11.7 Å². The Morgan fingerprint density at radius 1 is 1.09 bits per heavy atom. The largest absolute Gasteiger partial charge is 0.497 e. The molecule has 0 radical (unpaired) electrons. The van der Waals surface area contributed by atoms with Gasteiger partial charge in [0.1, 0.15) is 11.5 Å². The second-order valence-electron chi connectivity index (χ2n) is 6.56. The molecule has 0 aliphatic rings. The number of thioether (sulfide) groups is 1. The second-order valence-corrected chi connectivity index (χ2v) is 8.04. The van der Waals surface area contributed by atoms with Crippen LogP contribution in [0.3, 0.4) is 0 Å². The Morgan fingerprint density at radius 3 is 2.31 bits per heavy atom. The van der Waals surface area contributed by atoms with Crippen LogP contribution < -0.4 is 14.8 Å². The van der Waals surface area contributed by atoms with E-state index in [4.69, 9.17) is 21.1 Å². The van der Waals surface area contributed by atoms with Gasteiger partial charge in [-0.05, 0) is 48.0 Å². The van der Waals surface area contributed by atoms with Crippen LogP contribution in [0.2, 0.25) is 0 Å². The number of hydrogen-bond acceptors (Lipinski definition) is 6. The Bertz CT molecular complexity index is 1100. The number of methoxy groups -OCH3 is 2. The van der Waals surface area contributed by atoms with Gasteiger partial charge >= 0.3 is 0 Å². The zero-order chi connectivity index (χ0) is 22.9. The van der Waals surface area contributed by atoms with Gasteiger partial charge < -0.3 is 14.8 Å². The van der Waals surface area contributed by atoms with E-state index >= 15 is 0 Å². The van der Waals surface area contributed by atoms with Crippen LogP contribution in [0.25, 0.3) is 11.8 Å². The van der Waals surface area contributed by atoms with Crippen molar-refractivity contribution in [3.8, 4) is 17.2 Å². The fourth-order valence-corrected chi connectivity index (χ4v) is 3.64. The predicted molar refractivity (Wildman–Crippen MR) is 128 cm³/mol. The van der Waals surface area contributed by atoms with Crippen LogP contribution in [0.4, 0.5) is 0 Å². The Kier molecular flexibility index (Phi) is 8.35. The van der Waals surface area contributed by atoms with Crippen LogP contribution in [-0.2, 0) is 11.3 Å². The number of benzene rings is 2. The minimum absolute atomic E-state index is 0.202. The molecular weight excluding hydrogens is 448 g/mol. The molecule has 32 heavy (non-hydrogen) atoms. The molecule has 9 heteroatoms. The zero-order valence-electron chi connectivity index (χ0n) is 17.7. The highest BCUT2D eigenvalue weighted by Crippen LogP contribution is 2.25. The summed E-state index contributed by atoms with van der Waals surface area (Å²) in [5.41, 5.74) is 1.74. The maximum absolute atomic E-state index is 12.3. The molecule has 0 atom stereocenters. The summed E-state index contributed by atoms with van der Waals surface area (Å²) in [6.07, 6.45) is 3.21. The number of nitrogens with zero attached hydrogens (tertiary/aromatic N) is 3. The minimum atomic E-state index is -0.242. The van der Waals surface area contributed by atoms with Gasteiger partial charge in [-0.2, -0.15) is 0 Å². The number of ether oxygens (including phenoxy) is 2. The van der Waals surface area contributed by atoms with E-state index in [1.165, 1.54) is 17.8 Å². The summed E-state index contributed by atoms with van der Waals surface area (Å²) in [7, 11) is 3.22. The standard InChI is InChI=1S/C23H23ClN4O3S/c1-16(24)15-32-23-27-26-21(28(23)18-7-11-20(31-3)12-8-18)14-25-22(29)13-6-17-4-9-19(30-2)10-5-17/h4-13H,1,14-15H2,2-3H3,(H,25,29). The SMILES string of the molecule is C=C(Cl)CSc1nnc(CNC(=O)C=Cc2ccc(OC)cc2)n1-c1ccc(OC)cc1. The molecular formula is C23H23ClN4O3S. The highest BCUT2D eigenvalue weighted by molar-refractivity contribution is 7.99. The first-order valence-electron chi connectivity index (χ1n) is 9.65. The smallest absolute Gasteiger partial charge is 0.244 e. The van der Waals surface area contributed by atoms with Gasteiger partial charge in [0.05, 0.1) is 20.8 Å². The van der Waals surface area contributed by atoms with Crippen molar-refractivity contribution in [1.29, 1.82) is 0 Å². The van der Waals surface area contributed by atoms with Crippen molar-refractivity contribution in [3.05, 3.63) is 77.6 Å². The lowest BCUT2D eigenvalue weighted by Crippen LogP contribution is -2.22. The first-order valence-corrected chi connectivity index (χ1v) is 11.0. The lowest BCUT2D eigenvalue weighted by Gasteiger charge is -2.11. The van der Waals surface area contributed by atoms with Gasteiger partial charge in [-0.15, -0.1) is 10.2 Å². The maximum Gasteiger partial charge on any atom is 0.244 e. The number of aromatic nitrogens is 3. The molecule has 7 nitrogen and oxygen atoms in total. The molecule has 2 aromatic carbocycles. The van der Waals surface area contributed by atoms with Crippen molar-refractivity contribution in [3.63, 3.8) is 0 Å². The van der Waals surface area contributed by atoms with E-state index in [-0.39, 0.29) is 12.5 Å². The van der Waals surface area contributed by atoms with Crippen LogP contribution >= 0.6 is 23.4 Å². The number of halogens is 1. The van der Waals surface area contributed by atoms with Gasteiger partial charge in [-0.3, -0.25) is 9.36 Å². The Balaban J connectivity index is 1.73. The minimum Gasteiger partial charge on any atom is -0.497 e. The Labute approximate surface area is 196 Å². The molecule has 3 aromatic rings. The van der Waals surface area contributed by atoms with Crippen LogP contribution in [0.1, 0.15) is 11.4 Å². The van der Waals surface area contributed by atoms with Crippen molar-refractivity contribution in [2.75, 3.05) is 20.0 Å². The van der Waals surface area contributed by atoms with Crippen LogP contribution in [0.15, 0.2) is 71.4 Å². The van der Waals surface area contributed by atoms with E-state index in [1.807, 2.05) is 53.1 Å². The van der Waals surface area contributed by atoms with Crippen molar-refractivity contribution >= 4 is 35.3 Å². The molecule has 0 fully saturated rings. The van der Waals surface area contributed by atoms with E-state index in [1.54, 1.807) is 20.3 Å². The summed E-state index contributed by atoms with van der Waals surface area (Å²) in [6.45, 7) is 3.92. The molecule has 166 valence electrons. The van der Waals surface area contributed by atoms with E-state index < -0.39 is 0 Å². The molecule has 3 rings (SSSR count). The summed E-state index contributed by atoms with van der Waals surface area (Å²) >= 11 is 7.33. The molecule has 0 unspecified atom stereocenters. The summed E-state index contributed by atoms with van der Waals surface area (Å²) in [4.78, 5) is 12.3. The fraction of sp³-hybridized carbons (Fsp3) is 0.174. The van der Waals surface area contributed by atoms with Crippen LogP contribution in [0.5, 0.6) is 11.5 Å². The van der Waals surface area contributed by atoms with Crippen molar-refractivity contribution < 1.29 is 14.3 Å². The van der Waals surface area contributed by atoms with Crippen LogP contribution in [0, 0.1) is 0 Å². The van der Waals surface area contributed by atoms with E-state index in [0.29, 0.717) is 21.8 Å². The Hall–Kier alpha value is -3.23. The van der Waals surface area contributed by atoms with E-state index in [2.05, 4.69) is 22.1 Å². The number of nitrogens with one attached hydrogen (secondary N) is 1. The number of carbonyl (C=O) groups excluding carboxylic acids is 1. The van der Waals surface area contributed by atoms with Gasteiger partial charge in [0.15, 0.2) is 11.0 Å². The maximum atomic E-state index is 12.3. The highest BCUT2D eigenvalue weighted by Gasteiger charge is 2.15. The van der Waals surface area contributed by atoms with Gasteiger partial charge in [-0.1, -0.05) is 42.1 Å². The normalized spacial score (nSPS) is 10.8. The fourth-order valence-electron chi connectivity index (χ4n) is 2.75. The van der Waals surface area contributed by atoms with E-state index in [9.17, 15) is 4.79 Å². The summed E-state index contributed by atoms with van der Waals surface area (Å²) in [6, 6.07) is 14.9. The van der Waals surface area contributed by atoms with Crippen molar-refractivity contribution in [1.82, 2.24) is 20.1 Å². The summed E-state index contributed by atoms with van der Waals surface area (Å²) in [5.74, 6) is 2.34. The number of amides is 1. The highest BCUT2D eigenvalue weighted by atomic mass is 35.5. The second kappa shape index (κ2) is 11.4. The molecule has 1 heterocycles. The van der Waals surface area contributed by atoms with E-state index in [0.717, 1.165) is 22.7 Å². The third-order valence-electron chi connectivity index (χ3n) is 4.35. The summed E-state index contributed by atoms with van der Waals surface area (Å²) < 4.78 is 12.2. The summed E-state index contributed by atoms with van der Waals surface area (Å²) in [5, 5.41) is 12.5. The molecule has 1 amide bonds. The third-order valence-corrected chi connectivity index (χ3v) is 5.66. The molecule has 0 saturated carbocycles. The first-order chi connectivity index (χ1) is 15.5. The number of hydrogen-bond donors (Lipinski definition) is 1. The monoisotopic (exact) mass is 470 g/mol. The molecule has 0 saturated heterocycles. The molecule has 1 N–H and O–H groups in total. The van der Waals surface area contributed by atoms with Gasteiger partial charge in [0.2, 0.25) is 5.91 Å². The van der Waals surface area contributed by atoms with Crippen LogP contribution in [-0.4, -0.2) is 40.6 Å².